The molecule has 0 radical (unpaired) electrons. The third-order valence-electron chi connectivity index (χ3n) is 3.05. The first-order valence-electron chi connectivity index (χ1n) is 6.03. The molecule has 1 rings (SSSR count). The van der Waals surface area contributed by atoms with Crippen molar-refractivity contribution >= 4 is 11.9 Å². The molecular weight excluding hydrogens is 232 g/mol. The van der Waals surface area contributed by atoms with Gasteiger partial charge in [0.2, 0.25) is 0 Å². The number of rotatable bonds is 6. The molecule has 0 aliphatic rings. The van der Waals surface area contributed by atoms with E-state index in [0.29, 0.717) is 12.8 Å². The standard InChI is InChI=1S/C14H18O4/c1-3-14(4-2,11-8-6-5-7-9-11)18-13(17)10-12(15)16/h5-9H,3-4,10H2,1-2H3,(H,15,16). The Kier molecular flexibility index (Phi) is 4.89. The first-order chi connectivity index (χ1) is 8.54. The number of ether oxygens (including phenoxy) is 1. The maximum atomic E-state index is 11.6. The SMILES string of the molecule is CCC(CC)(OC(=O)CC(=O)O)c1ccccc1. The molecule has 18 heavy (non-hydrogen) atoms. The van der Waals surface area contributed by atoms with Crippen molar-refractivity contribution in [1.29, 1.82) is 0 Å². The minimum absolute atomic E-state index is 0.603. The van der Waals surface area contributed by atoms with E-state index in [9.17, 15) is 9.59 Å². The van der Waals surface area contributed by atoms with Crippen LogP contribution in [0.5, 0.6) is 0 Å². The Hall–Kier alpha value is -1.84. The fourth-order valence-electron chi connectivity index (χ4n) is 1.98. The Bertz CT molecular complexity index is 407. The van der Waals surface area contributed by atoms with Crippen LogP contribution in [0.1, 0.15) is 38.7 Å². The molecule has 0 bridgehead atoms. The van der Waals surface area contributed by atoms with Crippen molar-refractivity contribution in [3.63, 3.8) is 0 Å². The Morgan fingerprint density at radius 3 is 2.17 bits per heavy atom. The topological polar surface area (TPSA) is 63.6 Å². The summed E-state index contributed by atoms with van der Waals surface area (Å²) in [5, 5.41) is 8.60. The summed E-state index contributed by atoms with van der Waals surface area (Å²) in [6.45, 7) is 3.84. The second-order valence-corrected chi connectivity index (χ2v) is 4.11. The largest absolute Gasteiger partial charge is 0.481 e. The molecule has 0 unspecified atom stereocenters. The maximum absolute atomic E-state index is 11.6. The summed E-state index contributed by atoms with van der Waals surface area (Å²) >= 11 is 0. The molecule has 4 heteroatoms. The summed E-state index contributed by atoms with van der Waals surface area (Å²) in [5.74, 6) is -1.87. The van der Waals surface area contributed by atoms with E-state index in [1.54, 1.807) is 0 Å². The first kappa shape index (κ1) is 14.2. The number of hydrogen-bond acceptors (Lipinski definition) is 3. The zero-order chi connectivity index (χ0) is 13.6. The second kappa shape index (κ2) is 6.19. The van der Waals surface area contributed by atoms with Crippen LogP contribution in [-0.2, 0) is 19.9 Å². The number of carbonyl (C=O) groups excluding carboxylic acids is 1. The first-order valence-corrected chi connectivity index (χ1v) is 6.03. The van der Waals surface area contributed by atoms with Crippen molar-refractivity contribution in [2.45, 2.75) is 38.7 Å². The predicted molar refractivity (Wildman–Crippen MR) is 67.0 cm³/mol. The van der Waals surface area contributed by atoms with Gasteiger partial charge in [0.15, 0.2) is 0 Å². The molecule has 0 aliphatic carbocycles. The lowest BCUT2D eigenvalue weighted by Gasteiger charge is -2.32. The average Bonchev–Trinajstić information content (AvgIpc) is 2.36. The lowest BCUT2D eigenvalue weighted by Crippen LogP contribution is -2.32. The molecular formula is C14H18O4. The summed E-state index contributed by atoms with van der Waals surface area (Å²) in [4.78, 5) is 22.1. The molecule has 0 saturated carbocycles. The van der Waals surface area contributed by atoms with Crippen molar-refractivity contribution in [2.24, 2.45) is 0 Å². The van der Waals surface area contributed by atoms with Gasteiger partial charge in [-0.1, -0.05) is 44.2 Å². The van der Waals surface area contributed by atoms with Crippen LogP contribution < -0.4 is 0 Å². The number of benzene rings is 1. The molecule has 1 N–H and O–H groups in total. The third-order valence-corrected chi connectivity index (χ3v) is 3.05. The number of carboxylic acids is 1. The van der Waals surface area contributed by atoms with Crippen molar-refractivity contribution in [1.82, 2.24) is 0 Å². The normalized spacial score (nSPS) is 11.0. The molecule has 0 amide bonds. The molecule has 0 aliphatic heterocycles. The van der Waals surface area contributed by atoms with E-state index < -0.39 is 24.0 Å². The quantitative estimate of drug-likeness (QED) is 0.622. The minimum atomic E-state index is -1.17. The molecule has 0 aromatic heterocycles. The van der Waals surface area contributed by atoms with Crippen LogP contribution >= 0.6 is 0 Å². The van der Waals surface area contributed by atoms with Crippen LogP contribution in [0.4, 0.5) is 0 Å². The van der Waals surface area contributed by atoms with Crippen LogP contribution in [-0.4, -0.2) is 17.0 Å². The van der Waals surface area contributed by atoms with Crippen LogP contribution in [0, 0.1) is 0 Å². The number of carboxylic acid groups (broad SMARTS) is 1. The molecule has 0 fully saturated rings. The summed E-state index contributed by atoms with van der Waals surface area (Å²) < 4.78 is 5.41. The van der Waals surface area contributed by atoms with E-state index in [1.807, 2.05) is 44.2 Å². The van der Waals surface area contributed by atoms with Gasteiger partial charge in [-0.3, -0.25) is 9.59 Å². The Labute approximate surface area is 107 Å². The molecule has 1 aromatic carbocycles. The minimum Gasteiger partial charge on any atom is -0.481 e. The van der Waals surface area contributed by atoms with E-state index in [1.165, 1.54) is 0 Å². The van der Waals surface area contributed by atoms with Gasteiger partial charge in [0.1, 0.15) is 12.0 Å². The zero-order valence-electron chi connectivity index (χ0n) is 10.7. The van der Waals surface area contributed by atoms with Crippen LogP contribution in [0.15, 0.2) is 30.3 Å². The van der Waals surface area contributed by atoms with E-state index in [-0.39, 0.29) is 0 Å². The highest BCUT2D eigenvalue weighted by atomic mass is 16.6. The van der Waals surface area contributed by atoms with Gasteiger partial charge in [-0.25, -0.2) is 0 Å². The number of esters is 1. The smallest absolute Gasteiger partial charge is 0.318 e. The van der Waals surface area contributed by atoms with Crippen LogP contribution in [0.2, 0.25) is 0 Å². The lowest BCUT2D eigenvalue weighted by atomic mass is 9.88. The van der Waals surface area contributed by atoms with E-state index in [0.717, 1.165) is 5.56 Å². The van der Waals surface area contributed by atoms with Gasteiger partial charge in [0.05, 0.1) is 0 Å². The van der Waals surface area contributed by atoms with Crippen LogP contribution in [0.25, 0.3) is 0 Å². The Morgan fingerprint density at radius 1 is 1.17 bits per heavy atom. The lowest BCUT2D eigenvalue weighted by molar-refractivity contribution is -0.165. The highest BCUT2D eigenvalue weighted by Crippen LogP contribution is 2.33. The summed E-state index contributed by atoms with van der Waals surface area (Å²) in [6.07, 6.45) is 0.617. The maximum Gasteiger partial charge on any atom is 0.318 e. The Morgan fingerprint density at radius 2 is 1.72 bits per heavy atom. The number of carbonyl (C=O) groups is 2. The van der Waals surface area contributed by atoms with Gasteiger partial charge in [0, 0.05) is 0 Å². The van der Waals surface area contributed by atoms with E-state index in [2.05, 4.69) is 0 Å². The molecule has 0 heterocycles. The van der Waals surface area contributed by atoms with Gasteiger partial charge >= 0.3 is 11.9 Å². The Balaban J connectivity index is 2.94. The molecule has 0 atom stereocenters. The van der Waals surface area contributed by atoms with E-state index in [4.69, 9.17) is 9.84 Å². The molecule has 0 spiro atoms. The molecule has 4 nitrogen and oxygen atoms in total. The summed E-state index contributed by atoms with van der Waals surface area (Å²) in [6, 6.07) is 9.42. The fraction of sp³-hybridized carbons (Fsp3) is 0.429. The highest BCUT2D eigenvalue weighted by Gasteiger charge is 2.33. The van der Waals surface area contributed by atoms with Gasteiger partial charge in [-0.05, 0) is 18.4 Å². The monoisotopic (exact) mass is 250 g/mol. The molecule has 0 saturated heterocycles. The van der Waals surface area contributed by atoms with Gasteiger partial charge < -0.3 is 9.84 Å². The number of hydrogen-bond donors (Lipinski definition) is 1. The summed E-state index contributed by atoms with van der Waals surface area (Å²) in [5.41, 5.74) is 0.169. The molecule has 1 aromatic rings. The van der Waals surface area contributed by atoms with Crippen molar-refractivity contribution in [3.05, 3.63) is 35.9 Å². The molecule has 98 valence electrons. The predicted octanol–water partition coefficient (Wildman–Crippen LogP) is 2.72. The van der Waals surface area contributed by atoms with Gasteiger partial charge in [-0.2, -0.15) is 0 Å². The van der Waals surface area contributed by atoms with Crippen molar-refractivity contribution < 1.29 is 19.4 Å². The third kappa shape index (κ3) is 3.32. The highest BCUT2D eigenvalue weighted by molar-refractivity contribution is 5.90. The van der Waals surface area contributed by atoms with E-state index >= 15 is 0 Å². The van der Waals surface area contributed by atoms with Crippen molar-refractivity contribution in [2.75, 3.05) is 0 Å². The number of aliphatic carboxylic acids is 1. The van der Waals surface area contributed by atoms with Crippen molar-refractivity contribution in [3.8, 4) is 0 Å². The second-order valence-electron chi connectivity index (χ2n) is 4.11. The van der Waals surface area contributed by atoms with Gasteiger partial charge in [0.25, 0.3) is 0 Å². The fourth-order valence-corrected chi connectivity index (χ4v) is 1.98. The van der Waals surface area contributed by atoms with Crippen LogP contribution in [0.3, 0.4) is 0 Å². The van der Waals surface area contributed by atoms with Gasteiger partial charge in [-0.15, -0.1) is 0 Å². The summed E-state index contributed by atoms with van der Waals surface area (Å²) in [7, 11) is 0. The average molecular weight is 250 g/mol. The zero-order valence-corrected chi connectivity index (χ0v) is 10.7.